The van der Waals surface area contributed by atoms with Gasteiger partial charge in [0.1, 0.15) is 11.6 Å². The molecular weight excluding hydrogens is 292 g/mol. The average Bonchev–Trinajstić information content (AvgIpc) is 2.31. The van der Waals surface area contributed by atoms with Crippen LogP contribution in [0.5, 0.6) is 0 Å². The zero-order valence-electron chi connectivity index (χ0n) is 9.70. The highest BCUT2D eigenvalue weighted by molar-refractivity contribution is 7.84. The van der Waals surface area contributed by atoms with E-state index in [9.17, 15) is 13.0 Å². The molecule has 1 atom stereocenters. The first kappa shape index (κ1) is 14.0. The van der Waals surface area contributed by atoms with Gasteiger partial charge in [0.05, 0.1) is 16.6 Å². The Kier molecular flexibility index (Phi) is 4.17. The minimum Gasteiger partial charge on any atom is -0.399 e. The van der Waals surface area contributed by atoms with Crippen molar-refractivity contribution in [3.05, 3.63) is 58.6 Å². The van der Waals surface area contributed by atoms with Crippen LogP contribution in [0.15, 0.2) is 41.3 Å². The van der Waals surface area contributed by atoms with Crippen molar-refractivity contribution in [3.8, 4) is 0 Å². The molecule has 2 rings (SSSR count). The van der Waals surface area contributed by atoms with E-state index in [-0.39, 0.29) is 26.9 Å². The number of rotatable bonds is 3. The van der Waals surface area contributed by atoms with Gasteiger partial charge in [-0.05, 0) is 30.3 Å². The lowest BCUT2D eigenvalue weighted by atomic mass is 10.2. The Morgan fingerprint density at radius 2 is 1.89 bits per heavy atom. The Morgan fingerprint density at radius 1 is 1.16 bits per heavy atom. The standard InChI is InChI=1S/C13H10ClF2NOS/c14-9-2-1-8(13(16)3-9)7-19(18)12-5-10(15)4-11(17)6-12/h1-6H,7,17H2. The second kappa shape index (κ2) is 5.67. The van der Waals surface area contributed by atoms with Crippen molar-refractivity contribution in [3.63, 3.8) is 0 Å². The summed E-state index contributed by atoms with van der Waals surface area (Å²) in [5.74, 6) is -1.17. The maximum atomic E-state index is 13.6. The fourth-order valence-electron chi connectivity index (χ4n) is 1.58. The lowest BCUT2D eigenvalue weighted by molar-refractivity contribution is 0.614. The topological polar surface area (TPSA) is 43.1 Å². The van der Waals surface area contributed by atoms with Crippen LogP contribution >= 0.6 is 11.6 Å². The largest absolute Gasteiger partial charge is 0.399 e. The Hall–Kier alpha value is -1.46. The van der Waals surface area contributed by atoms with E-state index in [0.29, 0.717) is 0 Å². The number of benzene rings is 2. The van der Waals surface area contributed by atoms with Crippen LogP contribution in [0.2, 0.25) is 5.02 Å². The summed E-state index contributed by atoms with van der Waals surface area (Å²) < 4.78 is 38.8. The molecule has 0 fully saturated rings. The predicted octanol–water partition coefficient (Wildman–Crippen LogP) is 3.51. The third-order valence-corrected chi connectivity index (χ3v) is 4.03. The zero-order valence-corrected chi connectivity index (χ0v) is 11.3. The van der Waals surface area contributed by atoms with Gasteiger partial charge in [0.25, 0.3) is 0 Å². The normalized spacial score (nSPS) is 12.4. The van der Waals surface area contributed by atoms with E-state index in [4.69, 9.17) is 17.3 Å². The zero-order chi connectivity index (χ0) is 14.0. The molecule has 0 aliphatic carbocycles. The summed E-state index contributed by atoms with van der Waals surface area (Å²) in [4.78, 5) is 0.229. The molecule has 0 bridgehead atoms. The van der Waals surface area contributed by atoms with E-state index in [1.807, 2.05) is 0 Å². The molecule has 6 heteroatoms. The minimum absolute atomic E-state index is 0.0636. The summed E-state index contributed by atoms with van der Waals surface area (Å²) in [6.07, 6.45) is 0. The molecule has 0 heterocycles. The molecule has 0 amide bonds. The summed E-state index contributed by atoms with van der Waals surface area (Å²) in [6, 6.07) is 7.78. The molecule has 2 aromatic rings. The van der Waals surface area contributed by atoms with Gasteiger partial charge < -0.3 is 5.73 Å². The summed E-state index contributed by atoms with van der Waals surface area (Å²) in [6.45, 7) is 0. The first-order valence-corrected chi connectivity index (χ1v) is 7.04. The lowest BCUT2D eigenvalue weighted by Gasteiger charge is -2.05. The SMILES string of the molecule is Nc1cc(F)cc(S(=O)Cc2ccc(Cl)cc2F)c1. The quantitative estimate of drug-likeness (QED) is 0.882. The van der Waals surface area contributed by atoms with Gasteiger partial charge in [-0.1, -0.05) is 17.7 Å². The Morgan fingerprint density at radius 3 is 2.53 bits per heavy atom. The molecule has 0 aromatic heterocycles. The van der Waals surface area contributed by atoms with Gasteiger partial charge in [-0.3, -0.25) is 4.21 Å². The highest BCUT2D eigenvalue weighted by Gasteiger charge is 2.11. The van der Waals surface area contributed by atoms with E-state index >= 15 is 0 Å². The molecule has 2 N–H and O–H groups in total. The first-order valence-electron chi connectivity index (χ1n) is 5.34. The molecule has 2 aromatic carbocycles. The van der Waals surface area contributed by atoms with Crippen LogP contribution in [-0.2, 0) is 16.6 Å². The second-order valence-corrected chi connectivity index (χ2v) is 5.83. The highest BCUT2D eigenvalue weighted by atomic mass is 35.5. The smallest absolute Gasteiger partial charge is 0.128 e. The summed E-state index contributed by atoms with van der Waals surface area (Å²) in [5.41, 5.74) is 5.91. The Bertz CT molecular complexity index is 628. The molecule has 100 valence electrons. The van der Waals surface area contributed by atoms with E-state index in [2.05, 4.69) is 0 Å². The van der Waals surface area contributed by atoms with Crippen LogP contribution in [0.3, 0.4) is 0 Å². The second-order valence-electron chi connectivity index (χ2n) is 3.95. The van der Waals surface area contributed by atoms with E-state index < -0.39 is 22.4 Å². The molecule has 19 heavy (non-hydrogen) atoms. The van der Waals surface area contributed by atoms with Crippen LogP contribution in [0.25, 0.3) is 0 Å². The van der Waals surface area contributed by atoms with Crippen LogP contribution < -0.4 is 5.73 Å². The molecule has 0 aliphatic heterocycles. The number of hydrogen-bond donors (Lipinski definition) is 1. The number of nitrogens with two attached hydrogens (primary N) is 1. The van der Waals surface area contributed by atoms with Crippen molar-refractivity contribution in [2.45, 2.75) is 10.6 Å². The van der Waals surface area contributed by atoms with E-state index in [1.165, 1.54) is 18.2 Å². The van der Waals surface area contributed by atoms with Gasteiger partial charge in [-0.15, -0.1) is 0 Å². The van der Waals surface area contributed by atoms with Crippen molar-refractivity contribution in [2.24, 2.45) is 0 Å². The van der Waals surface area contributed by atoms with Gasteiger partial charge >= 0.3 is 0 Å². The van der Waals surface area contributed by atoms with E-state index in [1.54, 1.807) is 0 Å². The number of anilines is 1. The maximum absolute atomic E-state index is 13.6. The van der Waals surface area contributed by atoms with E-state index in [0.717, 1.165) is 18.2 Å². The van der Waals surface area contributed by atoms with Crippen LogP contribution in [0, 0.1) is 11.6 Å². The van der Waals surface area contributed by atoms with Crippen LogP contribution in [0.1, 0.15) is 5.56 Å². The molecule has 1 unspecified atom stereocenters. The first-order chi connectivity index (χ1) is 8.95. The van der Waals surface area contributed by atoms with Gasteiger partial charge in [-0.25, -0.2) is 8.78 Å². The fraction of sp³-hybridized carbons (Fsp3) is 0.0769. The molecule has 2 nitrogen and oxygen atoms in total. The van der Waals surface area contributed by atoms with Crippen LogP contribution in [-0.4, -0.2) is 4.21 Å². The van der Waals surface area contributed by atoms with Gasteiger partial charge in [0.15, 0.2) is 0 Å². The predicted molar refractivity (Wildman–Crippen MR) is 72.3 cm³/mol. The molecule has 0 spiro atoms. The fourth-order valence-corrected chi connectivity index (χ4v) is 2.93. The monoisotopic (exact) mass is 301 g/mol. The lowest BCUT2D eigenvalue weighted by Crippen LogP contribution is -2.00. The Labute approximate surface area is 116 Å². The van der Waals surface area contributed by atoms with Crippen molar-refractivity contribution < 1.29 is 13.0 Å². The van der Waals surface area contributed by atoms with Crippen molar-refractivity contribution in [1.82, 2.24) is 0 Å². The van der Waals surface area contributed by atoms with Gasteiger partial charge in [0.2, 0.25) is 0 Å². The minimum atomic E-state index is -1.57. The van der Waals surface area contributed by atoms with Gasteiger partial charge in [0, 0.05) is 21.2 Å². The Balaban J connectivity index is 2.25. The van der Waals surface area contributed by atoms with Gasteiger partial charge in [-0.2, -0.15) is 0 Å². The molecular formula is C13H10ClF2NOS. The molecule has 0 radical (unpaired) electrons. The maximum Gasteiger partial charge on any atom is 0.128 e. The highest BCUT2D eigenvalue weighted by Crippen LogP contribution is 2.20. The average molecular weight is 302 g/mol. The molecule has 0 saturated heterocycles. The third kappa shape index (κ3) is 3.52. The van der Waals surface area contributed by atoms with Crippen molar-refractivity contribution >= 4 is 28.1 Å². The molecule has 0 aliphatic rings. The number of nitrogen functional groups attached to an aromatic ring is 1. The number of halogens is 3. The summed E-state index contributed by atoms with van der Waals surface area (Å²) in [5, 5.41) is 0.266. The number of hydrogen-bond acceptors (Lipinski definition) is 2. The van der Waals surface area contributed by atoms with Crippen molar-refractivity contribution in [1.29, 1.82) is 0 Å². The molecule has 0 saturated carbocycles. The van der Waals surface area contributed by atoms with Crippen molar-refractivity contribution in [2.75, 3.05) is 5.73 Å². The third-order valence-electron chi connectivity index (χ3n) is 2.46. The summed E-state index contributed by atoms with van der Waals surface area (Å²) >= 11 is 5.63. The van der Waals surface area contributed by atoms with Crippen LogP contribution in [0.4, 0.5) is 14.5 Å². The summed E-state index contributed by atoms with van der Waals surface area (Å²) in [7, 11) is -1.57.